The molecule has 1 rings (SSSR count). The number of hydrogen-bond acceptors (Lipinski definition) is 4. The molecule has 0 spiro atoms. The molecule has 0 bridgehead atoms. The van der Waals surface area contributed by atoms with Crippen LogP contribution in [-0.4, -0.2) is 35.6 Å². The third-order valence-electron chi connectivity index (χ3n) is 3.26. The van der Waals surface area contributed by atoms with Gasteiger partial charge in [-0.05, 0) is 31.0 Å². The predicted molar refractivity (Wildman–Crippen MR) is 80.0 cm³/mol. The lowest BCUT2D eigenvalue weighted by molar-refractivity contribution is -0.149. The number of benzene rings is 1. The monoisotopic (exact) mass is 343 g/mol. The lowest BCUT2D eigenvalue weighted by Crippen LogP contribution is -2.43. The number of aliphatic carboxylic acids is 1. The molecular formula is C16H19F2NO5. The smallest absolute Gasteiger partial charge is 0.326 e. The highest BCUT2D eigenvalue weighted by Gasteiger charge is 2.26. The van der Waals surface area contributed by atoms with Crippen molar-refractivity contribution >= 4 is 17.8 Å². The van der Waals surface area contributed by atoms with Gasteiger partial charge in [0.15, 0.2) is 11.6 Å². The van der Waals surface area contributed by atoms with Crippen LogP contribution in [0.4, 0.5) is 8.78 Å². The summed E-state index contributed by atoms with van der Waals surface area (Å²) in [5.74, 6) is -5.38. The minimum Gasteiger partial charge on any atom is -0.480 e. The molecule has 0 aliphatic heterocycles. The SMILES string of the molecule is CCOC(=O)[C@@H](C)C[C@H](NC(=O)Cc1ccc(F)c(F)c1)C(=O)O. The van der Waals surface area contributed by atoms with Crippen molar-refractivity contribution in [3.05, 3.63) is 35.4 Å². The van der Waals surface area contributed by atoms with E-state index in [1.54, 1.807) is 6.92 Å². The Labute approximate surface area is 137 Å². The van der Waals surface area contributed by atoms with Crippen LogP contribution in [0.1, 0.15) is 25.8 Å². The second-order valence-electron chi connectivity index (χ2n) is 5.27. The number of amides is 1. The molecule has 6 nitrogen and oxygen atoms in total. The van der Waals surface area contributed by atoms with E-state index in [0.29, 0.717) is 0 Å². The van der Waals surface area contributed by atoms with Crippen molar-refractivity contribution in [2.24, 2.45) is 5.92 Å². The van der Waals surface area contributed by atoms with E-state index in [1.807, 2.05) is 0 Å². The molecule has 0 aliphatic carbocycles. The van der Waals surface area contributed by atoms with Gasteiger partial charge in [0.1, 0.15) is 6.04 Å². The average Bonchev–Trinajstić information content (AvgIpc) is 2.50. The van der Waals surface area contributed by atoms with Crippen LogP contribution in [-0.2, 0) is 25.5 Å². The number of carbonyl (C=O) groups excluding carboxylic acids is 2. The Morgan fingerprint density at radius 1 is 1.25 bits per heavy atom. The maximum Gasteiger partial charge on any atom is 0.326 e. The van der Waals surface area contributed by atoms with Crippen molar-refractivity contribution in [1.29, 1.82) is 0 Å². The number of halogens is 2. The summed E-state index contributed by atoms with van der Waals surface area (Å²) in [5.41, 5.74) is 0.203. The van der Waals surface area contributed by atoms with E-state index < -0.39 is 41.4 Å². The van der Waals surface area contributed by atoms with Crippen molar-refractivity contribution in [3.63, 3.8) is 0 Å². The lowest BCUT2D eigenvalue weighted by Gasteiger charge is -2.18. The number of esters is 1. The number of nitrogens with one attached hydrogen (secondary N) is 1. The van der Waals surface area contributed by atoms with Gasteiger partial charge in [-0.15, -0.1) is 0 Å². The minimum absolute atomic E-state index is 0.141. The first-order valence-electron chi connectivity index (χ1n) is 7.37. The second kappa shape index (κ2) is 8.95. The second-order valence-corrected chi connectivity index (χ2v) is 5.27. The molecule has 1 aromatic carbocycles. The van der Waals surface area contributed by atoms with Gasteiger partial charge in [0.25, 0.3) is 0 Å². The van der Waals surface area contributed by atoms with Gasteiger partial charge < -0.3 is 15.2 Å². The summed E-state index contributed by atoms with van der Waals surface area (Å²) < 4.78 is 30.7. The number of carboxylic acids is 1. The molecule has 132 valence electrons. The molecule has 1 aromatic rings. The molecule has 0 saturated heterocycles. The fourth-order valence-electron chi connectivity index (χ4n) is 2.04. The summed E-state index contributed by atoms with van der Waals surface area (Å²) in [6, 6.07) is 1.69. The zero-order chi connectivity index (χ0) is 18.3. The Morgan fingerprint density at radius 2 is 1.92 bits per heavy atom. The van der Waals surface area contributed by atoms with Crippen LogP contribution >= 0.6 is 0 Å². The van der Waals surface area contributed by atoms with Crippen molar-refractivity contribution in [2.75, 3.05) is 6.61 Å². The van der Waals surface area contributed by atoms with Crippen LogP contribution in [0, 0.1) is 17.6 Å². The number of hydrogen-bond donors (Lipinski definition) is 2. The van der Waals surface area contributed by atoms with E-state index in [-0.39, 0.29) is 25.0 Å². The van der Waals surface area contributed by atoms with Gasteiger partial charge in [0, 0.05) is 0 Å². The van der Waals surface area contributed by atoms with Gasteiger partial charge in [0.2, 0.25) is 5.91 Å². The van der Waals surface area contributed by atoms with Crippen molar-refractivity contribution in [3.8, 4) is 0 Å². The Bertz CT molecular complexity index is 620. The molecule has 1 amide bonds. The van der Waals surface area contributed by atoms with Gasteiger partial charge in [-0.2, -0.15) is 0 Å². The Balaban J connectivity index is 2.67. The third kappa shape index (κ3) is 5.94. The van der Waals surface area contributed by atoms with E-state index in [2.05, 4.69) is 5.32 Å². The molecule has 0 unspecified atom stereocenters. The Kier molecular flexibility index (Phi) is 7.29. The van der Waals surface area contributed by atoms with Crippen LogP contribution in [0.25, 0.3) is 0 Å². The quantitative estimate of drug-likeness (QED) is 0.701. The predicted octanol–water partition coefficient (Wildman–Crippen LogP) is 1.67. The fraction of sp³-hybridized carbons (Fsp3) is 0.438. The Morgan fingerprint density at radius 3 is 2.46 bits per heavy atom. The molecule has 0 saturated carbocycles. The van der Waals surface area contributed by atoms with Gasteiger partial charge in [-0.1, -0.05) is 13.0 Å². The van der Waals surface area contributed by atoms with E-state index in [0.717, 1.165) is 12.1 Å². The number of rotatable bonds is 8. The molecule has 2 N–H and O–H groups in total. The summed E-state index contributed by atoms with van der Waals surface area (Å²) in [6.45, 7) is 3.29. The van der Waals surface area contributed by atoms with E-state index in [4.69, 9.17) is 9.84 Å². The molecule has 0 fully saturated rings. The molecular weight excluding hydrogens is 324 g/mol. The highest BCUT2D eigenvalue weighted by atomic mass is 19.2. The average molecular weight is 343 g/mol. The largest absolute Gasteiger partial charge is 0.480 e. The maximum atomic E-state index is 13.1. The van der Waals surface area contributed by atoms with Crippen molar-refractivity contribution < 1.29 is 33.0 Å². The summed E-state index contributed by atoms with van der Waals surface area (Å²) in [5, 5.41) is 11.4. The molecule has 2 atom stereocenters. The first-order valence-corrected chi connectivity index (χ1v) is 7.37. The maximum absolute atomic E-state index is 13.1. The first kappa shape index (κ1) is 19.5. The summed E-state index contributed by atoms with van der Waals surface area (Å²) in [6.07, 6.45) is -0.452. The van der Waals surface area contributed by atoms with Crippen LogP contribution in [0.2, 0.25) is 0 Å². The molecule has 0 radical (unpaired) electrons. The highest BCUT2D eigenvalue weighted by Crippen LogP contribution is 2.11. The number of carboxylic acid groups (broad SMARTS) is 1. The molecule has 24 heavy (non-hydrogen) atoms. The first-order chi connectivity index (χ1) is 11.2. The van der Waals surface area contributed by atoms with E-state index in [9.17, 15) is 23.2 Å². The molecule has 8 heteroatoms. The minimum atomic E-state index is -1.30. The van der Waals surface area contributed by atoms with Gasteiger partial charge in [0.05, 0.1) is 18.9 Å². The zero-order valence-corrected chi connectivity index (χ0v) is 13.3. The van der Waals surface area contributed by atoms with Gasteiger partial charge >= 0.3 is 11.9 Å². The zero-order valence-electron chi connectivity index (χ0n) is 13.3. The highest BCUT2D eigenvalue weighted by molar-refractivity contribution is 5.85. The van der Waals surface area contributed by atoms with Crippen LogP contribution < -0.4 is 5.32 Å². The van der Waals surface area contributed by atoms with Crippen LogP contribution in [0.5, 0.6) is 0 Å². The summed E-state index contributed by atoms with van der Waals surface area (Å²) >= 11 is 0. The number of ether oxygens (including phenoxy) is 1. The van der Waals surface area contributed by atoms with Gasteiger partial charge in [-0.3, -0.25) is 9.59 Å². The molecule has 0 aliphatic rings. The van der Waals surface area contributed by atoms with Crippen molar-refractivity contribution in [2.45, 2.75) is 32.7 Å². The lowest BCUT2D eigenvalue weighted by atomic mass is 10.0. The molecule has 0 heterocycles. The van der Waals surface area contributed by atoms with E-state index in [1.165, 1.54) is 13.0 Å². The topological polar surface area (TPSA) is 92.7 Å². The van der Waals surface area contributed by atoms with Crippen LogP contribution in [0.3, 0.4) is 0 Å². The Hall–Kier alpha value is -2.51. The van der Waals surface area contributed by atoms with E-state index >= 15 is 0 Å². The third-order valence-corrected chi connectivity index (χ3v) is 3.26. The molecule has 0 aromatic heterocycles. The summed E-state index contributed by atoms with van der Waals surface area (Å²) in [7, 11) is 0. The fourth-order valence-corrected chi connectivity index (χ4v) is 2.04. The standard InChI is InChI=1S/C16H19F2NO5/c1-3-24-16(23)9(2)6-13(15(21)22)19-14(20)8-10-4-5-11(17)12(18)7-10/h4-5,7,9,13H,3,6,8H2,1-2H3,(H,19,20)(H,21,22)/t9-,13-/m0/s1. The normalized spacial score (nSPS) is 13.0. The van der Waals surface area contributed by atoms with Gasteiger partial charge in [-0.25, -0.2) is 13.6 Å². The van der Waals surface area contributed by atoms with Crippen LogP contribution in [0.15, 0.2) is 18.2 Å². The van der Waals surface area contributed by atoms with Crippen molar-refractivity contribution in [1.82, 2.24) is 5.32 Å². The summed E-state index contributed by atoms with van der Waals surface area (Å²) in [4.78, 5) is 34.7. The number of carbonyl (C=O) groups is 3.